The van der Waals surface area contributed by atoms with E-state index in [1.54, 1.807) is 10.9 Å². The summed E-state index contributed by atoms with van der Waals surface area (Å²) in [7, 11) is -3.65. The Morgan fingerprint density at radius 1 is 1.02 bits per heavy atom. The minimum absolute atomic E-state index is 0.0253. The number of H-pyrrole nitrogens is 1. The number of nitrogen functional groups attached to an aromatic ring is 1. The van der Waals surface area contributed by atoms with E-state index < -0.39 is 19.3 Å². The summed E-state index contributed by atoms with van der Waals surface area (Å²) in [4.78, 5) is 43.5. The third kappa shape index (κ3) is 8.61. The molecule has 21 heteroatoms. The van der Waals surface area contributed by atoms with Crippen LogP contribution in [0.15, 0.2) is 23.4 Å². The van der Waals surface area contributed by atoms with Gasteiger partial charge in [-0.2, -0.15) is 9.97 Å². The zero-order valence-electron chi connectivity index (χ0n) is 25.1. The van der Waals surface area contributed by atoms with Gasteiger partial charge in [0.2, 0.25) is 0 Å². The monoisotopic (exact) mass is 662 g/mol. The van der Waals surface area contributed by atoms with E-state index in [-0.39, 0.29) is 43.1 Å². The minimum atomic E-state index is -3.65. The van der Waals surface area contributed by atoms with E-state index in [0.717, 1.165) is 12.8 Å². The number of carbonyl (C=O) groups is 1. The van der Waals surface area contributed by atoms with Crippen LogP contribution in [0.5, 0.6) is 11.9 Å². The summed E-state index contributed by atoms with van der Waals surface area (Å²) in [6.45, 7) is 5.18. The van der Waals surface area contributed by atoms with Gasteiger partial charge in [0.05, 0.1) is 65.5 Å². The lowest BCUT2D eigenvalue weighted by molar-refractivity contribution is 0.0137. The molecule has 1 aliphatic rings. The molecule has 0 aliphatic carbocycles. The lowest BCUT2D eigenvalue weighted by Gasteiger charge is -2.24. The predicted molar refractivity (Wildman–Crippen MR) is 160 cm³/mol. The van der Waals surface area contributed by atoms with Crippen LogP contribution >= 0.6 is 7.67 Å². The molecule has 0 fully saturated rings. The van der Waals surface area contributed by atoms with Gasteiger partial charge in [0, 0.05) is 18.9 Å². The molecule has 0 saturated carbocycles. The molecule has 0 spiro atoms. The number of fused-ring (bicyclic) bond motifs is 2. The van der Waals surface area contributed by atoms with Crippen LogP contribution in [-0.4, -0.2) is 103 Å². The fourth-order valence-corrected chi connectivity index (χ4v) is 5.47. The number of hydrogen-bond acceptors (Lipinski definition) is 15. The smallest absolute Gasteiger partial charge is 0.421 e. The highest BCUT2D eigenvalue weighted by atomic mass is 31.2. The van der Waals surface area contributed by atoms with Crippen LogP contribution in [0.25, 0.3) is 11.2 Å². The molecule has 1 amide bonds. The SMILES string of the molecule is CCCCOc1nc(N)c2[nH]c(=O)n(Cc3cn(CCOCCOCCOCCNP4(=O)NC(=O)c5nccnc5O4)nn3)c2n1. The van der Waals surface area contributed by atoms with Crippen molar-refractivity contribution in [3.05, 3.63) is 40.5 Å². The van der Waals surface area contributed by atoms with Gasteiger partial charge in [-0.3, -0.25) is 14.4 Å². The molecule has 4 aromatic heterocycles. The van der Waals surface area contributed by atoms with Gasteiger partial charge in [0.25, 0.3) is 11.8 Å². The largest absolute Gasteiger partial charge is 0.463 e. The van der Waals surface area contributed by atoms with Crippen LogP contribution in [0.3, 0.4) is 0 Å². The minimum Gasteiger partial charge on any atom is -0.463 e. The third-order valence-corrected chi connectivity index (χ3v) is 7.95. The fourth-order valence-electron chi connectivity index (χ4n) is 4.15. The summed E-state index contributed by atoms with van der Waals surface area (Å²) in [6.07, 6.45) is 6.21. The number of unbranched alkanes of at least 4 members (excludes halogenated alkanes) is 1. The normalized spacial score (nSPS) is 15.9. The number of imidazole rings is 1. The molecule has 5 rings (SSSR count). The summed E-state index contributed by atoms with van der Waals surface area (Å²) in [5.74, 6) is -0.589. The van der Waals surface area contributed by atoms with Crippen LogP contribution in [0, 0.1) is 0 Å². The highest BCUT2D eigenvalue weighted by Gasteiger charge is 2.36. The number of ether oxygens (including phenoxy) is 4. The van der Waals surface area contributed by atoms with E-state index >= 15 is 0 Å². The van der Waals surface area contributed by atoms with Gasteiger partial charge in [0.1, 0.15) is 11.2 Å². The number of carbonyl (C=O) groups excluding carboxylic acids is 1. The number of rotatable bonds is 19. The van der Waals surface area contributed by atoms with Crippen molar-refractivity contribution in [1.82, 2.24) is 54.7 Å². The lowest BCUT2D eigenvalue weighted by atomic mass is 10.4. The second kappa shape index (κ2) is 15.7. The number of nitrogens with zero attached hydrogens (tertiary/aromatic N) is 8. The van der Waals surface area contributed by atoms with Gasteiger partial charge < -0.3 is 34.2 Å². The standard InChI is InChI=1S/C25H35N12O8P/c1-2-3-8-44-24-31-20(26)18-21(32-24)37(25(39)30-18)16-17-15-36(35-33-17)7-10-42-12-14-43-13-11-41-9-6-29-46(40)34-22(38)19-23(45-46)28-5-4-27-19/h4-5,15H,2-3,6-14,16H2,1H3,(H,30,39)(H2,26,31,32)(H2,29,34,38,40). The van der Waals surface area contributed by atoms with E-state index in [0.29, 0.717) is 63.0 Å². The number of nitrogens with one attached hydrogen (secondary N) is 3. The fraction of sp³-hybridized carbons (Fsp3) is 0.520. The molecule has 1 atom stereocenters. The number of hydrogen-bond donors (Lipinski definition) is 4. The van der Waals surface area contributed by atoms with Crippen LogP contribution in [0.1, 0.15) is 35.9 Å². The second-order valence-electron chi connectivity index (χ2n) is 9.82. The average molecular weight is 663 g/mol. The van der Waals surface area contributed by atoms with Crippen molar-refractivity contribution in [3.8, 4) is 11.9 Å². The molecule has 0 radical (unpaired) electrons. The molecular weight excluding hydrogens is 627 g/mol. The number of aromatic nitrogens is 9. The van der Waals surface area contributed by atoms with E-state index in [1.807, 2.05) is 6.92 Å². The molecule has 0 bridgehead atoms. The van der Waals surface area contributed by atoms with Crippen LogP contribution in [-0.2, 0) is 31.9 Å². The van der Waals surface area contributed by atoms with Gasteiger partial charge in [-0.1, -0.05) is 18.6 Å². The Bertz CT molecular complexity index is 1730. The van der Waals surface area contributed by atoms with Crippen molar-refractivity contribution in [2.45, 2.75) is 32.9 Å². The van der Waals surface area contributed by atoms with E-state index in [2.05, 4.69) is 45.4 Å². The summed E-state index contributed by atoms with van der Waals surface area (Å²) in [5, 5.41) is 13.2. The van der Waals surface area contributed by atoms with E-state index in [4.69, 9.17) is 29.2 Å². The van der Waals surface area contributed by atoms with Crippen molar-refractivity contribution >= 4 is 30.6 Å². The molecule has 5 N–H and O–H groups in total. The average Bonchev–Trinajstić information content (AvgIpc) is 3.61. The number of anilines is 1. The Morgan fingerprint density at radius 2 is 1.78 bits per heavy atom. The molecule has 4 aromatic rings. The quantitative estimate of drug-likeness (QED) is 0.0754. The first-order valence-electron chi connectivity index (χ1n) is 14.5. The molecular formula is C25H35N12O8P. The highest BCUT2D eigenvalue weighted by Crippen LogP contribution is 2.42. The van der Waals surface area contributed by atoms with Crippen LogP contribution in [0.4, 0.5) is 5.82 Å². The Morgan fingerprint density at radius 3 is 2.59 bits per heavy atom. The molecule has 46 heavy (non-hydrogen) atoms. The maximum absolute atomic E-state index is 12.7. The summed E-state index contributed by atoms with van der Waals surface area (Å²) >= 11 is 0. The van der Waals surface area contributed by atoms with Gasteiger partial charge in [-0.25, -0.2) is 29.1 Å². The zero-order chi connectivity index (χ0) is 32.4. The number of nitrogens with two attached hydrogens (primary N) is 1. The summed E-state index contributed by atoms with van der Waals surface area (Å²) in [5.41, 5.74) is 6.80. The number of amides is 1. The van der Waals surface area contributed by atoms with E-state index in [9.17, 15) is 14.2 Å². The first kappa shape index (κ1) is 32.9. The van der Waals surface area contributed by atoms with E-state index in [1.165, 1.54) is 17.0 Å². The van der Waals surface area contributed by atoms with Crippen molar-refractivity contribution in [2.75, 3.05) is 58.5 Å². The highest BCUT2D eigenvalue weighted by molar-refractivity contribution is 7.56. The van der Waals surface area contributed by atoms with Gasteiger partial charge in [0.15, 0.2) is 17.2 Å². The van der Waals surface area contributed by atoms with Crippen molar-refractivity contribution in [3.63, 3.8) is 0 Å². The van der Waals surface area contributed by atoms with Crippen molar-refractivity contribution in [1.29, 1.82) is 0 Å². The molecule has 0 aromatic carbocycles. The summed E-state index contributed by atoms with van der Waals surface area (Å²) in [6, 6.07) is 0.112. The Hall–Kier alpha value is -4.49. The Balaban J connectivity index is 0.935. The first-order chi connectivity index (χ1) is 22.3. The summed E-state index contributed by atoms with van der Waals surface area (Å²) < 4.78 is 43.1. The molecule has 1 aliphatic heterocycles. The maximum atomic E-state index is 12.7. The molecule has 1 unspecified atom stereocenters. The Labute approximate surface area is 261 Å². The second-order valence-corrected chi connectivity index (χ2v) is 11.6. The van der Waals surface area contributed by atoms with Crippen molar-refractivity contribution in [2.24, 2.45) is 0 Å². The first-order valence-corrected chi connectivity index (χ1v) is 16.2. The zero-order valence-corrected chi connectivity index (χ0v) is 26.0. The van der Waals surface area contributed by atoms with Gasteiger partial charge in [-0.05, 0) is 6.42 Å². The maximum Gasteiger partial charge on any atom is 0.421 e. The predicted octanol–water partition coefficient (Wildman–Crippen LogP) is -0.120. The Kier molecular flexibility index (Phi) is 11.2. The van der Waals surface area contributed by atoms with Crippen LogP contribution in [0.2, 0.25) is 0 Å². The molecule has 248 valence electrons. The molecule has 20 nitrogen and oxygen atoms in total. The van der Waals surface area contributed by atoms with Gasteiger partial charge >= 0.3 is 19.4 Å². The van der Waals surface area contributed by atoms with Crippen molar-refractivity contribution < 1.29 is 32.8 Å². The third-order valence-electron chi connectivity index (χ3n) is 6.38. The molecule has 5 heterocycles. The molecule has 0 saturated heterocycles. The van der Waals surface area contributed by atoms with Crippen LogP contribution < -0.4 is 30.9 Å². The lowest BCUT2D eigenvalue weighted by Crippen LogP contribution is -2.36. The number of aromatic amines is 1. The van der Waals surface area contributed by atoms with Gasteiger partial charge in [-0.15, -0.1) is 5.10 Å². The topological polar surface area (TPSA) is 250 Å².